The Balaban J connectivity index is 2.57. The van der Waals surface area contributed by atoms with E-state index >= 15 is 0 Å². The number of hydrogen-bond acceptors (Lipinski definition) is 3. The molecule has 0 bridgehead atoms. The molecule has 0 aliphatic carbocycles. The summed E-state index contributed by atoms with van der Waals surface area (Å²) in [5.41, 5.74) is -0.200. The van der Waals surface area contributed by atoms with Crippen LogP contribution >= 0.6 is 0 Å². The zero-order chi connectivity index (χ0) is 12.0. The van der Waals surface area contributed by atoms with Crippen molar-refractivity contribution in [2.75, 3.05) is 19.6 Å². The van der Waals surface area contributed by atoms with Crippen molar-refractivity contribution in [3.63, 3.8) is 0 Å². The third-order valence-electron chi connectivity index (χ3n) is 3.33. The quantitative estimate of drug-likeness (QED) is 0.647. The summed E-state index contributed by atoms with van der Waals surface area (Å²) in [7, 11) is 0. The first-order valence-electron chi connectivity index (χ1n) is 6.28. The summed E-state index contributed by atoms with van der Waals surface area (Å²) < 4.78 is 0. The Labute approximate surface area is 97.8 Å². The molecule has 1 saturated heterocycles. The predicted molar refractivity (Wildman–Crippen MR) is 64.1 cm³/mol. The summed E-state index contributed by atoms with van der Waals surface area (Å²) in [6.45, 7) is 6.00. The van der Waals surface area contributed by atoms with Crippen LogP contribution in [-0.4, -0.2) is 36.8 Å². The normalized spacial score (nSPS) is 21.4. The van der Waals surface area contributed by atoms with Gasteiger partial charge in [-0.1, -0.05) is 13.3 Å². The van der Waals surface area contributed by atoms with Gasteiger partial charge in [0.05, 0.1) is 11.5 Å². The van der Waals surface area contributed by atoms with Crippen LogP contribution in [-0.2, 0) is 4.79 Å². The van der Waals surface area contributed by atoms with Gasteiger partial charge in [-0.3, -0.25) is 4.79 Å². The Hall–Kier alpha value is -0.610. The lowest BCUT2D eigenvalue weighted by Crippen LogP contribution is -2.48. The van der Waals surface area contributed by atoms with Gasteiger partial charge in [0.2, 0.25) is 5.91 Å². The molecule has 1 atom stereocenters. The summed E-state index contributed by atoms with van der Waals surface area (Å²) in [6.07, 6.45) is 3.32. The van der Waals surface area contributed by atoms with E-state index < -0.39 is 6.10 Å². The highest BCUT2D eigenvalue weighted by atomic mass is 16.3. The first kappa shape index (κ1) is 13.5. The van der Waals surface area contributed by atoms with Crippen LogP contribution in [0.2, 0.25) is 0 Å². The molecule has 4 nitrogen and oxygen atoms in total. The number of carbonyl (C=O) groups excluding carboxylic acids is 1. The fraction of sp³-hybridized carbons (Fsp3) is 0.917. The number of hydrogen-bond donors (Lipinski definition) is 3. The molecule has 1 amide bonds. The Bertz CT molecular complexity index is 218. The van der Waals surface area contributed by atoms with Crippen LogP contribution in [0.25, 0.3) is 0 Å². The molecule has 16 heavy (non-hydrogen) atoms. The van der Waals surface area contributed by atoms with Gasteiger partial charge in [0, 0.05) is 6.54 Å². The largest absolute Gasteiger partial charge is 0.392 e. The highest BCUT2D eigenvalue weighted by Gasteiger charge is 2.38. The maximum atomic E-state index is 12.2. The molecule has 0 aromatic rings. The number of nitrogens with one attached hydrogen (secondary N) is 2. The van der Waals surface area contributed by atoms with Crippen LogP contribution in [0.4, 0.5) is 0 Å². The molecule has 1 fully saturated rings. The number of aliphatic hydroxyl groups excluding tert-OH is 1. The third-order valence-corrected chi connectivity index (χ3v) is 3.33. The van der Waals surface area contributed by atoms with E-state index in [0.717, 1.165) is 38.8 Å². The van der Waals surface area contributed by atoms with Gasteiger partial charge < -0.3 is 15.7 Å². The SMILES string of the molecule is CCCC1(C(=O)NCC(C)O)CCNCC1. The zero-order valence-electron chi connectivity index (χ0n) is 10.4. The van der Waals surface area contributed by atoms with E-state index in [1.165, 1.54) is 0 Å². The Morgan fingerprint density at radius 1 is 1.50 bits per heavy atom. The molecule has 1 aliphatic rings. The smallest absolute Gasteiger partial charge is 0.226 e. The molecule has 0 radical (unpaired) electrons. The van der Waals surface area contributed by atoms with Gasteiger partial charge in [-0.05, 0) is 39.3 Å². The molecule has 1 heterocycles. The summed E-state index contributed by atoms with van der Waals surface area (Å²) in [6, 6.07) is 0. The highest BCUT2D eigenvalue weighted by Crippen LogP contribution is 2.34. The average Bonchev–Trinajstić information content (AvgIpc) is 2.27. The summed E-state index contributed by atoms with van der Waals surface area (Å²) >= 11 is 0. The minimum Gasteiger partial charge on any atom is -0.392 e. The van der Waals surface area contributed by atoms with Gasteiger partial charge in [0.25, 0.3) is 0 Å². The summed E-state index contributed by atoms with van der Waals surface area (Å²) in [4.78, 5) is 12.2. The lowest BCUT2D eigenvalue weighted by molar-refractivity contribution is -0.133. The molecule has 4 heteroatoms. The minimum atomic E-state index is -0.468. The maximum absolute atomic E-state index is 12.2. The van der Waals surface area contributed by atoms with Crippen LogP contribution in [0, 0.1) is 5.41 Å². The molecule has 0 aromatic heterocycles. The molecule has 1 aliphatic heterocycles. The Morgan fingerprint density at radius 3 is 2.62 bits per heavy atom. The predicted octanol–water partition coefficient (Wildman–Crippen LogP) is 0.653. The lowest BCUT2D eigenvalue weighted by atomic mass is 9.74. The van der Waals surface area contributed by atoms with Crippen molar-refractivity contribution in [1.82, 2.24) is 10.6 Å². The van der Waals surface area contributed by atoms with Crippen molar-refractivity contribution >= 4 is 5.91 Å². The van der Waals surface area contributed by atoms with Crippen molar-refractivity contribution in [1.29, 1.82) is 0 Å². The third kappa shape index (κ3) is 3.46. The van der Waals surface area contributed by atoms with Crippen molar-refractivity contribution < 1.29 is 9.90 Å². The Kier molecular flexibility index (Phi) is 5.22. The number of carbonyl (C=O) groups is 1. The molecule has 94 valence electrons. The fourth-order valence-electron chi connectivity index (χ4n) is 2.40. The van der Waals surface area contributed by atoms with Crippen LogP contribution in [0.1, 0.15) is 39.5 Å². The van der Waals surface area contributed by atoms with E-state index in [4.69, 9.17) is 0 Å². The van der Waals surface area contributed by atoms with Gasteiger partial charge in [-0.15, -0.1) is 0 Å². The molecular weight excluding hydrogens is 204 g/mol. The fourth-order valence-corrected chi connectivity index (χ4v) is 2.40. The molecule has 1 rings (SSSR count). The van der Waals surface area contributed by atoms with Crippen molar-refractivity contribution in [2.45, 2.75) is 45.6 Å². The Morgan fingerprint density at radius 2 is 2.12 bits per heavy atom. The second kappa shape index (κ2) is 6.21. The van der Waals surface area contributed by atoms with Crippen molar-refractivity contribution in [3.8, 4) is 0 Å². The molecule has 0 aromatic carbocycles. The van der Waals surface area contributed by atoms with Gasteiger partial charge in [0.15, 0.2) is 0 Å². The van der Waals surface area contributed by atoms with Crippen LogP contribution in [0.5, 0.6) is 0 Å². The molecule has 3 N–H and O–H groups in total. The van der Waals surface area contributed by atoms with Crippen molar-refractivity contribution in [2.24, 2.45) is 5.41 Å². The number of amides is 1. The van der Waals surface area contributed by atoms with Crippen molar-refractivity contribution in [3.05, 3.63) is 0 Å². The topological polar surface area (TPSA) is 61.4 Å². The summed E-state index contributed by atoms with van der Waals surface area (Å²) in [5.74, 6) is 0.122. The standard InChI is InChI=1S/C12H24N2O2/c1-3-4-12(5-7-13-8-6-12)11(16)14-9-10(2)15/h10,13,15H,3-9H2,1-2H3,(H,14,16). The second-order valence-electron chi connectivity index (χ2n) is 4.84. The average molecular weight is 228 g/mol. The first-order valence-corrected chi connectivity index (χ1v) is 6.28. The zero-order valence-corrected chi connectivity index (χ0v) is 10.4. The summed E-state index contributed by atoms with van der Waals surface area (Å²) in [5, 5.41) is 15.3. The van der Waals surface area contributed by atoms with Crippen LogP contribution in [0.15, 0.2) is 0 Å². The van der Waals surface area contributed by atoms with E-state index in [1.807, 2.05) is 0 Å². The van der Waals surface area contributed by atoms with E-state index in [1.54, 1.807) is 6.92 Å². The molecule has 0 spiro atoms. The van der Waals surface area contributed by atoms with Gasteiger partial charge in [0.1, 0.15) is 0 Å². The minimum absolute atomic E-state index is 0.122. The maximum Gasteiger partial charge on any atom is 0.226 e. The highest BCUT2D eigenvalue weighted by molar-refractivity contribution is 5.82. The first-order chi connectivity index (χ1) is 7.60. The molecule has 1 unspecified atom stereocenters. The van der Waals surface area contributed by atoms with E-state index in [0.29, 0.717) is 6.54 Å². The number of piperidine rings is 1. The van der Waals surface area contributed by atoms with Gasteiger partial charge >= 0.3 is 0 Å². The molecular formula is C12H24N2O2. The van der Waals surface area contributed by atoms with Gasteiger partial charge in [-0.25, -0.2) is 0 Å². The van der Waals surface area contributed by atoms with E-state index in [9.17, 15) is 9.90 Å². The lowest BCUT2D eigenvalue weighted by Gasteiger charge is -2.36. The van der Waals surface area contributed by atoms with Gasteiger partial charge in [-0.2, -0.15) is 0 Å². The number of rotatable bonds is 5. The number of aliphatic hydroxyl groups is 1. The van der Waals surface area contributed by atoms with E-state index in [2.05, 4.69) is 17.6 Å². The van der Waals surface area contributed by atoms with Crippen LogP contribution < -0.4 is 10.6 Å². The second-order valence-corrected chi connectivity index (χ2v) is 4.84. The van der Waals surface area contributed by atoms with Crippen LogP contribution in [0.3, 0.4) is 0 Å². The monoisotopic (exact) mass is 228 g/mol. The van der Waals surface area contributed by atoms with E-state index in [-0.39, 0.29) is 11.3 Å². The molecule has 0 saturated carbocycles.